The zero-order valence-electron chi connectivity index (χ0n) is 19.1. The average Bonchev–Trinajstić information content (AvgIpc) is 3.29. The predicted molar refractivity (Wildman–Crippen MR) is 133 cm³/mol. The summed E-state index contributed by atoms with van der Waals surface area (Å²) in [7, 11) is 1.58. The van der Waals surface area contributed by atoms with Crippen molar-refractivity contribution in [3.8, 4) is 17.1 Å². The molecule has 34 heavy (non-hydrogen) atoms. The lowest BCUT2D eigenvalue weighted by molar-refractivity contribution is -0.113. The molecule has 2 aromatic heterocycles. The van der Waals surface area contributed by atoms with Crippen molar-refractivity contribution in [3.05, 3.63) is 83.7 Å². The standard InChI is InChI=1S/C25H24N6O2S/c1-16-4-9-21(14-17(16)2)31-23(18-10-12-27-13-11-18)29-30-25(31)34-15-22(32)28-20-7-5-19(6-8-20)24(33)26-3/h4-14H,15H2,1-3H3,(H,26,33)(H,28,32). The second-order valence-electron chi connectivity index (χ2n) is 7.64. The van der Waals surface area contributed by atoms with Gasteiger partial charge in [-0.15, -0.1) is 10.2 Å². The Labute approximate surface area is 201 Å². The topological polar surface area (TPSA) is 102 Å². The van der Waals surface area contributed by atoms with E-state index in [0.29, 0.717) is 22.2 Å². The molecule has 0 radical (unpaired) electrons. The Morgan fingerprint density at radius 3 is 2.35 bits per heavy atom. The number of hydrogen-bond donors (Lipinski definition) is 2. The van der Waals surface area contributed by atoms with E-state index in [1.165, 1.54) is 17.3 Å². The van der Waals surface area contributed by atoms with Gasteiger partial charge in [-0.3, -0.25) is 19.1 Å². The SMILES string of the molecule is CNC(=O)c1ccc(NC(=O)CSc2nnc(-c3ccncc3)n2-c2ccc(C)c(C)c2)cc1. The van der Waals surface area contributed by atoms with E-state index in [2.05, 4.69) is 51.8 Å². The van der Waals surface area contributed by atoms with E-state index in [4.69, 9.17) is 0 Å². The van der Waals surface area contributed by atoms with E-state index in [1.54, 1.807) is 43.7 Å². The lowest BCUT2D eigenvalue weighted by atomic mass is 10.1. The molecule has 0 aliphatic heterocycles. The van der Waals surface area contributed by atoms with E-state index in [1.807, 2.05) is 22.8 Å². The van der Waals surface area contributed by atoms with Crippen molar-refractivity contribution in [2.45, 2.75) is 19.0 Å². The Kier molecular flexibility index (Phi) is 7.03. The summed E-state index contributed by atoms with van der Waals surface area (Å²) in [5.41, 5.74) is 5.30. The van der Waals surface area contributed by atoms with Crippen LogP contribution in [0.3, 0.4) is 0 Å². The van der Waals surface area contributed by atoms with Gasteiger partial charge in [-0.2, -0.15) is 0 Å². The van der Waals surface area contributed by atoms with Crippen molar-refractivity contribution in [2.75, 3.05) is 18.1 Å². The van der Waals surface area contributed by atoms with Crippen LogP contribution in [-0.2, 0) is 4.79 Å². The Morgan fingerprint density at radius 1 is 0.941 bits per heavy atom. The van der Waals surface area contributed by atoms with E-state index in [9.17, 15) is 9.59 Å². The summed E-state index contributed by atoms with van der Waals surface area (Å²) in [4.78, 5) is 28.4. The van der Waals surface area contributed by atoms with Crippen LogP contribution >= 0.6 is 11.8 Å². The van der Waals surface area contributed by atoms with Crippen LogP contribution in [0.4, 0.5) is 5.69 Å². The average molecular weight is 473 g/mol. The number of nitrogens with zero attached hydrogens (tertiary/aromatic N) is 4. The zero-order chi connectivity index (χ0) is 24.1. The third kappa shape index (κ3) is 5.15. The minimum absolute atomic E-state index is 0.149. The molecule has 4 rings (SSSR count). The molecule has 2 aromatic carbocycles. The summed E-state index contributed by atoms with van der Waals surface area (Å²) in [5.74, 6) is 0.469. The second kappa shape index (κ2) is 10.3. The molecule has 0 bridgehead atoms. The van der Waals surface area contributed by atoms with Crippen LogP contribution in [0.5, 0.6) is 0 Å². The number of amides is 2. The molecule has 0 unspecified atom stereocenters. The molecule has 4 aromatic rings. The van der Waals surface area contributed by atoms with E-state index >= 15 is 0 Å². The van der Waals surface area contributed by atoms with Gasteiger partial charge < -0.3 is 10.6 Å². The first-order valence-corrected chi connectivity index (χ1v) is 11.6. The van der Waals surface area contributed by atoms with E-state index in [0.717, 1.165) is 16.8 Å². The maximum Gasteiger partial charge on any atom is 0.251 e. The first-order chi connectivity index (χ1) is 16.5. The quantitative estimate of drug-likeness (QED) is 0.394. The van der Waals surface area contributed by atoms with Gasteiger partial charge in [0.15, 0.2) is 11.0 Å². The van der Waals surface area contributed by atoms with Gasteiger partial charge >= 0.3 is 0 Å². The third-order valence-corrected chi connectivity index (χ3v) is 6.24. The van der Waals surface area contributed by atoms with Gasteiger partial charge in [0.1, 0.15) is 0 Å². The maximum atomic E-state index is 12.6. The number of aromatic nitrogens is 4. The molecule has 2 heterocycles. The fraction of sp³-hybridized carbons (Fsp3) is 0.160. The van der Waals surface area contributed by atoms with Gasteiger partial charge in [-0.25, -0.2) is 0 Å². The van der Waals surface area contributed by atoms with Gasteiger partial charge in [-0.1, -0.05) is 17.8 Å². The first kappa shape index (κ1) is 23.2. The summed E-state index contributed by atoms with van der Waals surface area (Å²) in [6.07, 6.45) is 3.43. The number of rotatable bonds is 7. The molecule has 0 saturated heterocycles. The summed E-state index contributed by atoms with van der Waals surface area (Å²) in [5, 5.41) is 14.8. The minimum atomic E-state index is -0.183. The molecule has 172 valence electrons. The maximum absolute atomic E-state index is 12.6. The largest absolute Gasteiger partial charge is 0.355 e. The van der Waals surface area contributed by atoms with Crippen LogP contribution in [0.2, 0.25) is 0 Å². The molecule has 0 aliphatic rings. The van der Waals surface area contributed by atoms with Crippen LogP contribution in [-0.4, -0.2) is 44.4 Å². The number of hydrogen-bond acceptors (Lipinski definition) is 6. The van der Waals surface area contributed by atoms with Gasteiger partial charge in [0.2, 0.25) is 5.91 Å². The number of aryl methyl sites for hydroxylation is 2. The van der Waals surface area contributed by atoms with Crippen LogP contribution in [0.1, 0.15) is 21.5 Å². The number of carbonyl (C=O) groups excluding carboxylic acids is 2. The summed E-state index contributed by atoms with van der Waals surface area (Å²) in [6, 6.07) is 16.7. The van der Waals surface area contributed by atoms with E-state index < -0.39 is 0 Å². The number of nitrogens with one attached hydrogen (secondary N) is 2. The molecule has 2 amide bonds. The monoisotopic (exact) mass is 472 g/mol. The lowest BCUT2D eigenvalue weighted by Crippen LogP contribution is -2.18. The smallest absolute Gasteiger partial charge is 0.251 e. The first-order valence-electron chi connectivity index (χ1n) is 10.6. The highest BCUT2D eigenvalue weighted by Crippen LogP contribution is 2.28. The normalized spacial score (nSPS) is 10.7. The minimum Gasteiger partial charge on any atom is -0.355 e. The van der Waals surface area contributed by atoms with Crippen LogP contribution < -0.4 is 10.6 Å². The molecule has 9 heteroatoms. The van der Waals surface area contributed by atoms with Crippen molar-refractivity contribution >= 4 is 29.3 Å². The highest BCUT2D eigenvalue weighted by Gasteiger charge is 2.18. The van der Waals surface area contributed by atoms with Crippen molar-refractivity contribution in [1.82, 2.24) is 25.1 Å². The number of carbonyl (C=O) groups is 2. The zero-order valence-corrected chi connectivity index (χ0v) is 19.9. The molecular weight excluding hydrogens is 448 g/mol. The molecule has 0 aliphatic carbocycles. The Bertz CT molecular complexity index is 1320. The lowest BCUT2D eigenvalue weighted by Gasteiger charge is -2.12. The fourth-order valence-electron chi connectivity index (χ4n) is 3.33. The third-order valence-electron chi connectivity index (χ3n) is 5.31. The summed E-state index contributed by atoms with van der Waals surface area (Å²) in [6.45, 7) is 4.13. The Hall–Kier alpha value is -3.98. The summed E-state index contributed by atoms with van der Waals surface area (Å²) < 4.78 is 1.96. The van der Waals surface area contributed by atoms with Crippen molar-refractivity contribution in [2.24, 2.45) is 0 Å². The van der Waals surface area contributed by atoms with Gasteiger partial charge in [0.25, 0.3) is 5.91 Å². The van der Waals surface area contributed by atoms with Gasteiger partial charge in [0, 0.05) is 36.3 Å². The molecule has 8 nitrogen and oxygen atoms in total. The molecule has 0 atom stereocenters. The highest BCUT2D eigenvalue weighted by molar-refractivity contribution is 7.99. The Morgan fingerprint density at radius 2 is 1.68 bits per heavy atom. The van der Waals surface area contributed by atoms with Crippen molar-refractivity contribution in [1.29, 1.82) is 0 Å². The predicted octanol–water partition coefficient (Wildman–Crippen LogP) is 4.04. The van der Waals surface area contributed by atoms with Crippen LogP contribution in [0, 0.1) is 13.8 Å². The van der Waals surface area contributed by atoms with Crippen LogP contribution in [0.15, 0.2) is 72.1 Å². The van der Waals surface area contributed by atoms with E-state index in [-0.39, 0.29) is 17.6 Å². The number of thioether (sulfide) groups is 1. The molecule has 0 fully saturated rings. The Balaban J connectivity index is 1.55. The molecule has 0 saturated carbocycles. The number of anilines is 1. The summed E-state index contributed by atoms with van der Waals surface area (Å²) >= 11 is 1.30. The number of pyridine rings is 1. The van der Waals surface area contributed by atoms with Gasteiger partial charge in [0.05, 0.1) is 11.4 Å². The van der Waals surface area contributed by atoms with Gasteiger partial charge in [-0.05, 0) is 73.5 Å². The molecule has 2 N–H and O–H groups in total. The van der Waals surface area contributed by atoms with Crippen molar-refractivity contribution in [3.63, 3.8) is 0 Å². The molecule has 0 spiro atoms. The molecular formula is C25H24N6O2S. The second-order valence-corrected chi connectivity index (χ2v) is 8.58. The highest BCUT2D eigenvalue weighted by atomic mass is 32.2. The fourth-order valence-corrected chi connectivity index (χ4v) is 4.08. The number of benzene rings is 2. The van der Waals surface area contributed by atoms with Crippen molar-refractivity contribution < 1.29 is 9.59 Å². The van der Waals surface area contributed by atoms with Crippen LogP contribution in [0.25, 0.3) is 17.1 Å².